The summed E-state index contributed by atoms with van der Waals surface area (Å²) in [4.78, 5) is 0. The molecule has 0 aromatic carbocycles. The molecule has 2 atom stereocenters. The molecular formula is C9H18N2. The van der Waals surface area contributed by atoms with Gasteiger partial charge in [0.2, 0.25) is 0 Å². The summed E-state index contributed by atoms with van der Waals surface area (Å²) in [5.41, 5.74) is 0. The zero-order valence-electron chi connectivity index (χ0n) is 7.27. The second kappa shape index (κ2) is 4.52. The second-order valence-electron chi connectivity index (χ2n) is 3.28. The van der Waals surface area contributed by atoms with Crippen LogP contribution >= 0.6 is 0 Å². The van der Waals surface area contributed by atoms with E-state index in [4.69, 9.17) is 0 Å². The van der Waals surface area contributed by atoms with Crippen molar-refractivity contribution in [1.82, 2.24) is 10.6 Å². The maximum absolute atomic E-state index is 3.72. The quantitative estimate of drug-likeness (QED) is 0.588. The summed E-state index contributed by atoms with van der Waals surface area (Å²) in [6, 6.07) is 1.27. The van der Waals surface area contributed by atoms with Gasteiger partial charge in [0.1, 0.15) is 0 Å². The Bertz CT molecular complexity index is 117. The molecule has 2 nitrogen and oxygen atoms in total. The van der Waals surface area contributed by atoms with E-state index >= 15 is 0 Å². The first-order valence-corrected chi connectivity index (χ1v) is 4.40. The predicted molar refractivity (Wildman–Crippen MR) is 48.7 cm³/mol. The Morgan fingerprint density at radius 2 is 2.64 bits per heavy atom. The zero-order chi connectivity index (χ0) is 8.10. The van der Waals surface area contributed by atoms with Crippen molar-refractivity contribution in [3.63, 3.8) is 0 Å². The summed E-state index contributed by atoms with van der Waals surface area (Å²) in [6.07, 6.45) is 4.30. The lowest BCUT2D eigenvalue weighted by Gasteiger charge is -2.16. The lowest BCUT2D eigenvalue weighted by atomic mass is 10.2. The average Bonchev–Trinajstić information content (AvgIpc) is 2.40. The van der Waals surface area contributed by atoms with Crippen molar-refractivity contribution in [3.05, 3.63) is 12.7 Å². The minimum Gasteiger partial charge on any atom is -0.315 e. The van der Waals surface area contributed by atoms with Gasteiger partial charge in [0.15, 0.2) is 0 Å². The summed E-state index contributed by atoms with van der Waals surface area (Å²) in [6.45, 7) is 8.22. The second-order valence-corrected chi connectivity index (χ2v) is 3.28. The van der Waals surface area contributed by atoms with Crippen molar-refractivity contribution in [3.8, 4) is 0 Å². The molecule has 11 heavy (non-hydrogen) atoms. The molecule has 1 heterocycles. The Labute approximate surface area is 69.1 Å². The molecule has 0 aliphatic carbocycles. The van der Waals surface area contributed by atoms with Gasteiger partial charge in [0.25, 0.3) is 0 Å². The van der Waals surface area contributed by atoms with E-state index in [1.165, 1.54) is 13.0 Å². The van der Waals surface area contributed by atoms with Gasteiger partial charge in [0.05, 0.1) is 0 Å². The van der Waals surface area contributed by atoms with Crippen molar-refractivity contribution < 1.29 is 0 Å². The predicted octanol–water partition coefficient (Wildman–Crippen LogP) is 0.902. The van der Waals surface area contributed by atoms with Gasteiger partial charge in [0, 0.05) is 18.6 Å². The van der Waals surface area contributed by atoms with Crippen LogP contribution < -0.4 is 10.6 Å². The van der Waals surface area contributed by atoms with Crippen LogP contribution in [0.4, 0.5) is 0 Å². The maximum atomic E-state index is 3.72. The molecule has 1 saturated heterocycles. The minimum atomic E-state index is 0.581. The summed E-state index contributed by atoms with van der Waals surface area (Å²) in [7, 11) is 0. The van der Waals surface area contributed by atoms with Crippen LogP contribution in [0.5, 0.6) is 0 Å². The van der Waals surface area contributed by atoms with Crippen LogP contribution in [-0.4, -0.2) is 25.2 Å². The van der Waals surface area contributed by atoms with Gasteiger partial charge in [-0.3, -0.25) is 0 Å². The van der Waals surface area contributed by atoms with E-state index in [9.17, 15) is 0 Å². The molecule has 0 amide bonds. The van der Waals surface area contributed by atoms with E-state index < -0.39 is 0 Å². The van der Waals surface area contributed by atoms with Crippen molar-refractivity contribution in [2.75, 3.05) is 13.1 Å². The first kappa shape index (κ1) is 8.75. The lowest BCUT2D eigenvalue weighted by molar-refractivity contribution is 0.468. The maximum Gasteiger partial charge on any atom is 0.0207 e. The normalized spacial score (nSPS) is 26.8. The van der Waals surface area contributed by atoms with Crippen LogP contribution in [0.1, 0.15) is 19.8 Å². The van der Waals surface area contributed by atoms with E-state index in [1.54, 1.807) is 0 Å². The summed E-state index contributed by atoms with van der Waals surface area (Å²) < 4.78 is 0. The van der Waals surface area contributed by atoms with Gasteiger partial charge >= 0.3 is 0 Å². The zero-order valence-corrected chi connectivity index (χ0v) is 7.27. The molecule has 0 bridgehead atoms. The molecule has 1 aliphatic rings. The van der Waals surface area contributed by atoms with Gasteiger partial charge in [-0.15, -0.1) is 6.58 Å². The van der Waals surface area contributed by atoms with Crippen LogP contribution in [0.2, 0.25) is 0 Å². The molecule has 1 fully saturated rings. The van der Waals surface area contributed by atoms with Gasteiger partial charge < -0.3 is 10.6 Å². The molecule has 64 valence electrons. The van der Waals surface area contributed by atoms with E-state index in [2.05, 4.69) is 24.1 Å². The van der Waals surface area contributed by atoms with Gasteiger partial charge in [-0.05, 0) is 26.3 Å². The summed E-state index contributed by atoms with van der Waals surface area (Å²) in [5, 5.41) is 6.88. The fourth-order valence-corrected chi connectivity index (χ4v) is 1.52. The van der Waals surface area contributed by atoms with Crippen molar-refractivity contribution in [1.29, 1.82) is 0 Å². The SMILES string of the molecule is C=CCC(C)NC1CCNC1. The van der Waals surface area contributed by atoms with Gasteiger partial charge in [-0.25, -0.2) is 0 Å². The first-order chi connectivity index (χ1) is 5.33. The molecule has 2 N–H and O–H groups in total. The molecule has 2 heteroatoms. The molecular weight excluding hydrogens is 136 g/mol. The number of rotatable bonds is 4. The Morgan fingerprint density at radius 1 is 1.82 bits per heavy atom. The molecule has 2 unspecified atom stereocenters. The van der Waals surface area contributed by atoms with Crippen molar-refractivity contribution in [2.45, 2.75) is 31.8 Å². The molecule has 0 spiro atoms. The lowest BCUT2D eigenvalue weighted by Crippen LogP contribution is -2.37. The smallest absolute Gasteiger partial charge is 0.0207 e. The van der Waals surface area contributed by atoms with E-state index in [1.807, 2.05) is 6.08 Å². The van der Waals surface area contributed by atoms with Crippen LogP contribution in [0, 0.1) is 0 Å². The Kier molecular flexibility index (Phi) is 3.60. The summed E-state index contributed by atoms with van der Waals surface area (Å²) >= 11 is 0. The molecule has 1 aliphatic heterocycles. The van der Waals surface area contributed by atoms with Crippen LogP contribution in [0.3, 0.4) is 0 Å². The molecule has 0 aromatic rings. The Balaban J connectivity index is 2.12. The highest BCUT2D eigenvalue weighted by Gasteiger charge is 2.14. The summed E-state index contributed by atoms with van der Waals surface area (Å²) in [5.74, 6) is 0. The minimum absolute atomic E-state index is 0.581. The highest BCUT2D eigenvalue weighted by molar-refractivity contribution is 4.82. The fourth-order valence-electron chi connectivity index (χ4n) is 1.52. The third kappa shape index (κ3) is 3.04. The first-order valence-electron chi connectivity index (χ1n) is 4.40. The Morgan fingerprint density at radius 3 is 3.18 bits per heavy atom. The fraction of sp³-hybridized carbons (Fsp3) is 0.778. The molecule has 0 saturated carbocycles. The number of hydrogen-bond acceptors (Lipinski definition) is 2. The van der Waals surface area contributed by atoms with Crippen molar-refractivity contribution >= 4 is 0 Å². The highest BCUT2D eigenvalue weighted by atomic mass is 15.0. The molecule has 1 rings (SSSR count). The topological polar surface area (TPSA) is 24.1 Å². The van der Waals surface area contributed by atoms with Crippen LogP contribution in [0.15, 0.2) is 12.7 Å². The van der Waals surface area contributed by atoms with Crippen molar-refractivity contribution in [2.24, 2.45) is 0 Å². The van der Waals surface area contributed by atoms with Crippen LogP contribution in [-0.2, 0) is 0 Å². The standard InChI is InChI=1S/C9H18N2/c1-3-4-8(2)11-9-5-6-10-7-9/h3,8-11H,1,4-7H2,2H3. The van der Waals surface area contributed by atoms with E-state index in [0.29, 0.717) is 12.1 Å². The monoisotopic (exact) mass is 154 g/mol. The highest BCUT2D eigenvalue weighted by Crippen LogP contribution is 2.00. The molecule has 0 aromatic heterocycles. The third-order valence-electron chi connectivity index (χ3n) is 2.10. The Hall–Kier alpha value is -0.340. The third-order valence-corrected chi connectivity index (χ3v) is 2.10. The number of hydrogen-bond donors (Lipinski definition) is 2. The van der Waals surface area contributed by atoms with Gasteiger partial charge in [-0.2, -0.15) is 0 Å². The van der Waals surface area contributed by atoms with E-state index in [-0.39, 0.29) is 0 Å². The van der Waals surface area contributed by atoms with Crippen LogP contribution in [0.25, 0.3) is 0 Å². The number of nitrogens with one attached hydrogen (secondary N) is 2. The largest absolute Gasteiger partial charge is 0.315 e. The van der Waals surface area contributed by atoms with E-state index in [0.717, 1.165) is 13.0 Å². The molecule has 0 radical (unpaired) electrons. The van der Waals surface area contributed by atoms with Gasteiger partial charge in [-0.1, -0.05) is 6.08 Å². The average molecular weight is 154 g/mol.